The van der Waals surface area contributed by atoms with Crippen molar-refractivity contribution in [2.24, 2.45) is 5.73 Å². The van der Waals surface area contributed by atoms with E-state index in [1.165, 1.54) is 16.7 Å². The van der Waals surface area contributed by atoms with E-state index in [1.54, 1.807) is 0 Å². The van der Waals surface area contributed by atoms with Crippen molar-refractivity contribution in [1.82, 2.24) is 4.90 Å². The summed E-state index contributed by atoms with van der Waals surface area (Å²) in [5.41, 5.74) is 9.86. The van der Waals surface area contributed by atoms with Gasteiger partial charge in [-0.2, -0.15) is 0 Å². The van der Waals surface area contributed by atoms with E-state index in [9.17, 15) is 0 Å². The molecule has 1 atom stereocenters. The second-order valence-electron chi connectivity index (χ2n) is 4.46. The average molecular weight is 239 g/mol. The molecule has 3 heteroatoms. The van der Waals surface area contributed by atoms with Crippen molar-refractivity contribution >= 4 is 11.6 Å². The quantitative estimate of drug-likeness (QED) is 0.878. The van der Waals surface area contributed by atoms with Crippen molar-refractivity contribution in [2.45, 2.75) is 32.9 Å². The number of hydrogen-bond acceptors (Lipinski definition) is 2. The number of halogens is 1. The molecule has 0 bridgehead atoms. The molecule has 0 radical (unpaired) electrons. The zero-order valence-corrected chi connectivity index (χ0v) is 10.7. The molecule has 0 saturated carbocycles. The Balaban J connectivity index is 2.38. The molecule has 0 saturated heterocycles. The summed E-state index contributed by atoms with van der Waals surface area (Å²) in [5, 5.41) is 0.868. The van der Waals surface area contributed by atoms with E-state index in [1.807, 2.05) is 6.07 Å². The molecule has 2 rings (SSSR count). The fourth-order valence-corrected chi connectivity index (χ4v) is 2.76. The van der Waals surface area contributed by atoms with E-state index in [0.717, 1.165) is 24.5 Å². The second kappa shape index (κ2) is 4.74. The van der Waals surface area contributed by atoms with Crippen LogP contribution in [0.2, 0.25) is 5.02 Å². The molecule has 1 aromatic rings. The van der Waals surface area contributed by atoms with Crippen molar-refractivity contribution in [3.05, 3.63) is 33.8 Å². The zero-order chi connectivity index (χ0) is 11.7. The van der Waals surface area contributed by atoms with Gasteiger partial charge in [0, 0.05) is 24.2 Å². The van der Waals surface area contributed by atoms with Crippen LogP contribution in [0.15, 0.2) is 12.1 Å². The van der Waals surface area contributed by atoms with Gasteiger partial charge >= 0.3 is 0 Å². The standard InChI is InChI=1S/C13H19ClN2/c1-3-6-16-8-11-9(2)12(14)5-4-10(11)13(16)7-15/h4-5,13H,3,6-8,15H2,1-2H3. The molecule has 2 N–H and O–H groups in total. The Labute approximate surface area is 102 Å². The van der Waals surface area contributed by atoms with E-state index < -0.39 is 0 Å². The summed E-state index contributed by atoms with van der Waals surface area (Å²) in [5.74, 6) is 0. The molecular formula is C13H19ClN2. The van der Waals surface area contributed by atoms with Crippen LogP contribution in [-0.2, 0) is 6.54 Å². The fourth-order valence-electron chi connectivity index (χ4n) is 2.58. The normalized spacial score (nSPS) is 20.1. The average Bonchev–Trinajstić information content (AvgIpc) is 2.62. The molecule has 1 heterocycles. The lowest BCUT2D eigenvalue weighted by molar-refractivity contribution is 0.220. The van der Waals surface area contributed by atoms with Crippen molar-refractivity contribution in [3.8, 4) is 0 Å². The van der Waals surface area contributed by atoms with Crippen LogP contribution in [0.5, 0.6) is 0 Å². The number of fused-ring (bicyclic) bond motifs is 1. The molecule has 0 aliphatic carbocycles. The largest absolute Gasteiger partial charge is 0.329 e. The van der Waals surface area contributed by atoms with E-state index >= 15 is 0 Å². The molecule has 1 aliphatic heterocycles. The monoisotopic (exact) mass is 238 g/mol. The summed E-state index contributed by atoms with van der Waals surface area (Å²) in [6.07, 6.45) is 1.16. The Bertz CT molecular complexity index is 390. The van der Waals surface area contributed by atoms with Crippen molar-refractivity contribution in [3.63, 3.8) is 0 Å². The van der Waals surface area contributed by atoms with Gasteiger partial charge in [-0.3, -0.25) is 4.90 Å². The van der Waals surface area contributed by atoms with Crippen LogP contribution < -0.4 is 5.73 Å². The van der Waals surface area contributed by atoms with Crippen LogP contribution in [-0.4, -0.2) is 18.0 Å². The number of rotatable bonds is 3. The molecule has 2 nitrogen and oxygen atoms in total. The van der Waals surface area contributed by atoms with Gasteiger partial charge in [-0.15, -0.1) is 0 Å². The van der Waals surface area contributed by atoms with Gasteiger partial charge in [0.1, 0.15) is 0 Å². The minimum Gasteiger partial charge on any atom is -0.329 e. The Morgan fingerprint density at radius 1 is 1.50 bits per heavy atom. The highest BCUT2D eigenvalue weighted by Crippen LogP contribution is 2.37. The molecule has 0 fully saturated rings. The highest BCUT2D eigenvalue weighted by Gasteiger charge is 2.29. The van der Waals surface area contributed by atoms with Crippen LogP contribution in [0.1, 0.15) is 36.1 Å². The SMILES string of the molecule is CCCN1Cc2c(ccc(Cl)c2C)C1CN. The first-order chi connectivity index (χ1) is 7.69. The van der Waals surface area contributed by atoms with Gasteiger partial charge in [0.25, 0.3) is 0 Å². The smallest absolute Gasteiger partial charge is 0.0477 e. The first-order valence-electron chi connectivity index (χ1n) is 5.91. The third-order valence-electron chi connectivity index (χ3n) is 3.46. The maximum atomic E-state index is 6.16. The molecular weight excluding hydrogens is 220 g/mol. The van der Waals surface area contributed by atoms with E-state index in [4.69, 9.17) is 17.3 Å². The van der Waals surface area contributed by atoms with Crippen LogP contribution in [0.4, 0.5) is 0 Å². The third-order valence-corrected chi connectivity index (χ3v) is 3.87. The number of hydrogen-bond donors (Lipinski definition) is 1. The highest BCUT2D eigenvalue weighted by atomic mass is 35.5. The zero-order valence-electron chi connectivity index (χ0n) is 9.96. The lowest BCUT2D eigenvalue weighted by atomic mass is 10.0. The maximum absolute atomic E-state index is 6.16. The van der Waals surface area contributed by atoms with Gasteiger partial charge in [0.05, 0.1) is 0 Å². The van der Waals surface area contributed by atoms with Gasteiger partial charge in [-0.25, -0.2) is 0 Å². The van der Waals surface area contributed by atoms with Crippen LogP contribution >= 0.6 is 11.6 Å². The molecule has 88 valence electrons. The molecule has 16 heavy (non-hydrogen) atoms. The Kier molecular flexibility index (Phi) is 3.53. The van der Waals surface area contributed by atoms with Gasteiger partial charge < -0.3 is 5.73 Å². The summed E-state index contributed by atoms with van der Waals surface area (Å²) in [6, 6.07) is 4.51. The van der Waals surface area contributed by atoms with E-state index in [0.29, 0.717) is 12.6 Å². The first kappa shape index (κ1) is 11.9. The highest BCUT2D eigenvalue weighted by molar-refractivity contribution is 6.31. The Morgan fingerprint density at radius 3 is 2.88 bits per heavy atom. The molecule has 0 spiro atoms. The predicted octanol–water partition coefficient (Wildman–Crippen LogP) is 2.87. The molecule has 0 amide bonds. The minimum absolute atomic E-state index is 0.380. The summed E-state index contributed by atoms with van der Waals surface area (Å²) >= 11 is 6.16. The van der Waals surface area contributed by atoms with Gasteiger partial charge in [-0.1, -0.05) is 24.6 Å². The van der Waals surface area contributed by atoms with Gasteiger partial charge in [-0.05, 0) is 42.6 Å². The van der Waals surface area contributed by atoms with Crippen molar-refractivity contribution in [1.29, 1.82) is 0 Å². The number of nitrogens with two attached hydrogens (primary N) is 1. The number of nitrogens with zero attached hydrogens (tertiary/aromatic N) is 1. The lowest BCUT2D eigenvalue weighted by Gasteiger charge is -2.22. The molecule has 1 unspecified atom stereocenters. The summed E-state index contributed by atoms with van der Waals surface area (Å²) in [6.45, 7) is 7.10. The maximum Gasteiger partial charge on any atom is 0.0477 e. The molecule has 1 aliphatic rings. The van der Waals surface area contributed by atoms with E-state index in [2.05, 4.69) is 24.8 Å². The van der Waals surface area contributed by atoms with Crippen LogP contribution in [0.25, 0.3) is 0 Å². The van der Waals surface area contributed by atoms with Gasteiger partial charge in [0.2, 0.25) is 0 Å². The Hall–Kier alpha value is -0.570. The minimum atomic E-state index is 0.380. The fraction of sp³-hybridized carbons (Fsp3) is 0.538. The first-order valence-corrected chi connectivity index (χ1v) is 6.28. The molecule has 1 aromatic carbocycles. The van der Waals surface area contributed by atoms with Crippen molar-refractivity contribution in [2.75, 3.05) is 13.1 Å². The topological polar surface area (TPSA) is 29.3 Å². The second-order valence-corrected chi connectivity index (χ2v) is 4.87. The van der Waals surface area contributed by atoms with Crippen LogP contribution in [0.3, 0.4) is 0 Å². The predicted molar refractivity (Wildman–Crippen MR) is 68.7 cm³/mol. The van der Waals surface area contributed by atoms with Gasteiger partial charge in [0.15, 0.2) is 0 Å². The number of benzene rings is 1. The third kappa shape index (κ3) is 1.86. The summed E-state index contributed by atoms with van der Waals surface area (Å²) in [4.78, 5) is 2.45. The summed E-state index contributed by atoms with van der Waals surface area (Å²) < 4.78 is 0. The van der Waals surface area contributed by atoms with Crippen LogP contribution in [0, 0.1) is 6.92 Å². The molecule has 0 aromatic heterocycles. The summed E-state index contributed by atoms with van der Waals surface area (Å²) in [7, 11) is 0. The Morgan fingerprint density at radius 2 is 2.25 bits per heavy atom. The lowest BCUT2D eigenvalue weighted by Crippen LogP contribution is -2.28. The van der Waals surface area contributed by atoms with E-state index in [-0.39, 0.29) is 0 Å². The van der Waals surface area contributed by atoms with Crippen molar-refractivity contribution < 1.29 is 0 Å².